The van der Waals surface area contributed by atoms with Crippen LogP contribution in [0, 0.1) is 11.3 Å². The lowest BCUT2D eigenvalue weighted by Gasteiger charge is -2.19. The maximum Gasteiger partial charge on any atom is 0.0998 e. The molecule has 0 bridgehead atoms. The second kappa shape index (κ2) is 7.24. The number of nitrogens with zero attached hydrogens (tertiary/aromatic N) is 2. The first-order valence-electron chi connectivity index (χ1n) is 8.17. The molecule has 0 amide bonds. The Bertz CT molecular complexity index is 644. The highest BCUT2D eigenvalue weighted by Crippen LogP contribution is 2.24. The number of nitriles is 1. The van der Waals surface area contributed by atoms with Crippen molar-refractivity contribution in [3.05, 3.63) is 59.7 Å². The van der Waals surface area contributed by atoms with Crippen molar-refractivity contribution >= 4 is 0 Å². The number of hydrogen-bond donors (Lipinski definition) is 0. The summed E-state index contributed by atoms with van der Waals surface area (Å²) >= 11 is 0. The monoisotopic (exact) mass is 290 g/mol. The van der Waals surface area contributed by atoms with Gasteiger partial charge in [0.1, 0.15) is 0 Å². The van der Waals surface area contributed by atoms with Gasteiger partial charge in [0.25, 0.3) is 0 Å². The average Bonchev–Trinajstić information content (AvgIpc) is 2.84. The molecular formula is C20H22N2. The fourth-order valence-corrected chi connectivity index (χ4v) is 3.17. The minimum atomic E-state index is 0.739. The first-order valence-corrected chi connectivity index (χ1v) is 8.17. The van der Waals surface area contributed by atoms with E-state index >= 15 is 0 Å². The van der Waals surface area contributed by atoms with Crippen LogP contribution in [-0.4, -0.2) is 18.0 Å². The average molecular weight is 290 g/mol. The lowest BCUT2D eigenvalue weighted by atomic mass is 9.99. The predicted molar refractivity (Wildman–Crippen MR) is 90.3 cm³/mol. The molecule has 0 unspecified atom stereocenters. The maximum atomic E-state index is 9.22. The van der Waals surface area contributed by atoms with Crippen LogP contribution in [-0.2, 0) is 6.54 Å². The summed E-state index contributed by atoms with van der Waals surface area (Å²) < 4.78 is 0. The van der Waals surface area contributed by atoms with Crippen molar-refractivity contribution in [3.8, 4) is 17.2 Å². The molecule has 0 spiro atoms. The first kappa shape index (κ1) is 14.8. The Balaban J connectivity index is 1.74. The summed E-state index contributed by atoms with van der Waals surface area (Å²) in [5, 5.41) is 9.22. The van der Waals surface area contributed by atoms with E-state index in [2.05, 4.69) is 35.2 Å². The minimum absolute atomic E-state index is 0.739. The fourth-order valence-electron chi connectivity index (χ4n) is 3.17. The van der Waals surface area contributed by atoms with Gasteiger partial charge in [-0.2, -0.15) is 5.26 Å². The van der Waals surface area contributed by atoms with E-state index in [1.165, 1.54) is 44.3 Å². The van der Waals surface area contributed by atoms with Crippen molar-refractivity contribution < 1.29 is 0 Å². The molecule has 0 aliphatic carbocycles. The molecule has 2 nitrogen and oxygen atoms in total. The summed E-state index contributed by atoms with van der Waals surface area (Å²) in [7, 11) is 0. The van der Waals surface area contributed by atoms with E-state index < -0.39 is 0 Å². The van der Waals surface area contributed by atoms with Crippen LogP contribution in [0.25, 0.3) is 11.1 Å². The molecule has 2 aromatic rings. The van der Waals surface area contributed by atoms with Crippen LogP contribution in [0.4, 0.5) is 0 Å². The standard InChI is InChI=1S/C20H22N2/c21-15-19-7-3-4-8-20(19)18-11-9-17(10-12-18)16-22-13-5-1-2-6-14-22/h3-4,7-12H,1-2,5-6,13-14,16H2. The highest BCUT2D eigenvalue weighted by Gasteiger charge is 2.10. The van der Waals surface area contributed by atoms with Crippen molar-refractivity contribution in [2.24, 2.45) is 0 Å². The van der Waals surface area contributed by atoms with E-state index in [-0.39, 0.29) is 0 Å². The van der Waals surface area contributed by atoms with Gasteiger partial charge in [-0.25, -0.2) is 0 Å². The van der Waals surface area contributed by atoms with Gasteiger partial charge in [0, 0.05) is 6.54 Å². The first-order chi connectivity index (χ1) is 10.9. The fraction of sp³-hybridized carbons (Fsp3) is 0.350. The summed E-state index contributed by atoms with van der Waals surface area (Å²) in [4.78, 5) is 2.56. The molecule has 1 aliphatic heterocycles. The number of hydrogen-bond acceptors (Lipinski definition) is 2. The number of benzene rings is 2. The Morgan fingerprint density at radius 3 is 2.23 bits per heavy atom. The summed E-state index contributed by atoms with van der Waals surface area (Å²) in [6.07, 6.45) is 5.40. The third-order valence-electron chi connectivity index (χ3n) is 4.42. The van der Waals surface area contributed by atoms with E-state index in [1.54, 1.807) is 0 Å². The lowest BCUT2D eigenvalue weighted by molar-refractivity contribution is 0.277. The molecule has 0 aromatic heterocycles. The van der Waals surface area contributed by atoms with Crippen LogP contribution < -0.4 is 0 Å². The SMILES string of the molecule is N#Cc1ccccc1-c1ccc(CN2CCCCCC2)cc1. The van der Waals surface area contributed by atoms with Crippen molar-refractivity contribution in [2.75, 3.05) is 13.1 Å². The zero-order chi connectivity index (χ0) is 15.2. The van der Waals surface area contributed by atoms with Gasteiger partial charge in [-0.15, -0.1) is 0 Å². The topological polar surface area (TPSA) is 27.0 Å². The van der Waals surface area contributed by atoms with Crippen LogP contribution in [0.2, 0.25) is 0 Å². The summed E-state index contributed by atoms with van der Waals surface area (Å²) in [5.74, 6) is 0. The van der Waals surface area contributed by atoms with Crippen LogP contribution in [0.1, 0.15) is 36.8 Å². The molecule has 1 heterocycles. The molecule has 1 saturated heterocycles. The molecule has 0 N–H and O–H groups in total. The van der Waals surface area contributed by atoms with Gasteiger partial charge < -0.3 is 0 Å². The van der Waals surface area contributed by atoms with Crippen LogP contribution >= 0.6 is 0 Å². The van der Waals surface area contributed by atoms with Gasteiger partial charge in [-0.3, -0.25) is 4.90 Å². The van der Waals surface area contributed by atoms with Crippen molar-refractivity contribution in [1.29, 1.82) is 5.26 Å². The van der Waals surface area contributed by atoms with Crippen molar-refractivity contribution in [3.63, 3.8) is 0 Å². The second-order valence-electron chi connectivity index (χ2n) is 6.04. The second-order valence-corrected chi connectivity index (χ2v) is 6.04. The molecule has 1 aliphatic rings. The van der Waals surface area contributed by atoms with Crippen LogP contribution in [0.5, 0.6) is 0 Å². The third-order valence-corrected chi connectivity index (χ3v) is 4.42. The Morgan fingerprint density at radius 2 is 1.55 bits per heavy atom. The van der Waals surface area contributed by atoms with E-state index in [0.29, 0.717) is 0 Å². The predicted octanol–water partition coefficient (Wildman–Crippen LogP) is 4.60. The Morgan fingerprint density at radius 1 is 0.864 bits per heavy atom. The normalized spacial score (nSPS) is 16.0. The number of rotatable bonds is 3. The summed E-state index contributed by atoms with van der Waals surface area (Å²) in [6.45, 7) is 3.48. The Hall–Kier alpha value is -2.11. The molecule has 0 atom stereocenters. The third kappa shape index (κ3) is 3.55. The molecule has 3 rings (SSSR count). The van der Waals surface area contributed by atoms with Gasteiger partial charge in [0.15, 0.2) is 0 Å². The molecule has 112 valence electrons. The van der Waals surface area contributed by atoms with E-state index in [4.69, 9.17) is 0 Å². The molecule has 0 saturated carbocycles. The zero-order valence-corrected chi connectivity index (χ0v) is 13.0. The summed E-state index contributed by atoms with van der Waals surface area (Å²) in [6, 6.07) is 18.8. The Labute approximate surface area is 133 Å². The minimum Gasteiger partial charge on any atom is -0.299 e. The largest absolute Gasteiger partial charge is 0.299 e. The van der Waals surface area contributed by atoms with E-state index in [1.807, 2.05) is 24.3 Å². The molecular weight excluding hydrogens is 268 g/mol. The summed E-state index contributed by atoms with van der Waals surface area (Å²) in [5.41, 5.74) is 4.24. The van der Waals surface area contributed by atoms with E-state index in [9.17, 15) is 5.26 Å². The molecule has 2 heteroatoms. The molecule has 0 radical (unpaired) electrons. The maximum absolute atomic E-state index is 9.22. The van der Waals surface area contributed by atoms with Gasteiger partial charge in [0.05, 0.1) is 11.6 Å². The van der Waals surface area contributed by atoms with Crippen LogP contribution in [0.15, 0.2) is 48.5 Å². The van der Waals surface area contributed by atoms with Gasteiger partial charge in [0.2, 0.25) is 0 Å². The highest BCUT2D eigenvalue weighted by molar-refractivity contribution is 5.70. The quantitative estimate of drug-likeness (QED) is 0.826. The van der Waals surface area contributed by atoms with Crippen molar-refractivity contribution in [2.45, 2.75) is 32.2 Å². The number of likely N-dealkylation sites (tertiary alicyclic amines) is 1. The van der Waals surface area contributed by atoms with Crippen LogP contribution in [0.3, 0.4) is 0 Å². The smallest absolute Gasteiger partial charge is 0.0998 e. The Kier molecular flexibility index (Phi) is 4.88. The van der Waals surface area contributed by atoms with Crippen molar-refractivity contribution in [1.82, 2.24) is 4.90 Å². The molecule has 2 aromatic carbocycles. The lowest BCUT2D eigenvalue weighted by Crippen LogP contribution is -2.23. The van der Waals surface area contributed by atoms with E-state index in [0.717, 1.165) is 23.2 Å². The van der Waals surface area contributed by atoms with Gasteiger partial charge in [-0.1, -0.05) is 55.3 Å². The van der Waals surface area contributed by atoms with Gasteiger partial charge >= 0.3 is 0 Å². The zero-order valence-electron chi connectivity index (χ0n) is 13.0. The highest BCUT2D eigenvalue weighted by atomic mass is 15.1. The molecule has 1 fully saturated rings. The van der Waals surface area contributed by atoms with Gasteiger partial charge in [-0.05, 0) is 48.7 Å². The molecule has 22 heavy (non-hydrogen) atoms.